The second kappa shape index (κ2) is 5.06. The molecule has 0 saturated heterocycles. The van der Waals surface area contributed by atoms with Crippen LogP contribution in [0.15, 0.2) is 12.1 Å². The van der Waals surface area contributed by atoms with Gasteiger partial charge in [-0.25, -0.2) is 9.78 Å². The number of halogens is 1. The number of ether oxygens (including phenoxy) is 1. The molecule has 80 valence electrons. The summed E-state index contributed by atoms with van der Waals surface area (Å²) in [5.74, 6) is -1.56. The minimum atomic E-state index is -0.986. The van der Waals surface area contributed by atoms with Crippen LogP contribution < -0.4 is 0 Å². The first-order valence-corrected chi connectivity index (χ1v) is 5.07. The van der Waals surface area contributed by atoms with Crippen LogP contribution in [-0.4, -0.2) is 29.1 Å². The summed E-state index contributed by atoms with van der Waals surface area (Å²) in [5, 5.41) is 8.59. The third-order valence-corrected chi connectivity index (χ3v) is 2.19. The van der Waals surface area contributed by atoms with Crippen LogP contribution in [0, 0.1) is 3.57 Å². The van der Waals surface area contributed by atoms with Crippen molar-refractivity contribution in [2.75, 3.05) is 7.11 Å². The van der Waals surface area contributed by atoms with E-state index in [1.807, 2.05) is 22.6 Å². The molecular formula is C9H8INO4. The fraction of sp³-hybridized carbons (Fsp3) is 0.222. The normalized spacial score (nSPS) is 9.73. The van der Waals surface area contributed by atoms with Gasteiger partial charge in [-0.3, -0.25) is 4.79 Å². The average Bonchev–Trinajstić information content (AvgIpc) is 2.14. The number of aromatic nitrogens is 1. The Morgan fingerprint density at radius 1 is 1.53 bits per heavy atom. The summed E-state index contributed by atoms with van der Waals surface area (Å²) >= 11 is 1.99. The topological polar surface area (TPSA) is 76.5 Å². The number of carbonyl (C=O) groups excluding carboxylic acids is 1. The number of nitrogens with zero attached hydrogens (tertiary/aromatic N) is 1. The van der Waals surface area contributed by atoms with Crippen LogP contribution in [0.5, 0.6) is 0 Å². The van der Waals surface area contributed by atoms with E-state index >= 15 is 0 Å². The van der Waals surface area contributed by atoms with Crippen LogP contribution in [0.3, 0.4) is 0 Å². The van der Waals surface area contributed by atoms with Crippen LogP contribution in [0.1, 0.15) is 16.2 Å². The van der Waals surface area contributed by atoms with E-state index in [2.05, 4.69) is 9.72 Å². The van der Waals surface area contributed by atoms with Crippen molar-refractivity contribution < 1.29 is 19.4 Å². The van der Waals surface area contributed by atoms with Crippen molar-refractivity contribution in [3.05, 3.63) is 27.1 Å². The van der Waals surface area contributed by atoms with Gasteiger partial charge in [0.05, 0.1) is 19.2 Å². The third-order valence-electron chi connectivity index (χ3n) is 1.57. The molecule has 1 N–H and O–H groups in total. The minimum absolute atomic E-state index is 0.126. The van der Waals surface area contributed by atoms with E-state index in [9.17, 15) is 9.59 Å². The lowest BCUT2D eigenvalue weighted by atomic mass is 10.2. The largest absolute Gasteiger partial charge is 0.481 e. The van der Waals surface area contributed by atoms with Gasteiger partial charge in [-0.1, -0.05) is 0 Å². The number of carbonyl (C=O) groups is 2. The van der Waals surface area contributed by atoms with E-state index in [1.54, 1.807) is 6.07 Å². The zero-order valence-electron chi connectivity index (χ0n) is 7.86. The smallest absolute Gasteiger partial charge is 0.356 e. The highest BCUT2D eigenvalue weighted by Gasteiger charge is 2.11. The zero-order chi connectivity index (χ0) is 11.4. The van der Waals surface area contributed by atoms with Gasteiger partial charge in [-0.15, -0.1) is 0 Å². The van der Waals surface area contributed by atoms with Gasteiger partial charge >= 0.3 is 11.9 Å². The predicted octanol–water partition coefficient (Wildman–Crippen LogP) is 1.10. The molecule has 0 aliphatic heterocycles. The number of hydrogen-bond acceptors (Lipinski definition) is 4. The Kier molecular flexibility index (Phi) is 4.01. The maximum absolute atomic E-state index is 11.2. The summed E-state index contributed by atoms with van der Waals surface area (Å²) in [4.78, 5) is 25.5. The molecule has 0 fully saturated rings. The summed E-state index contributed by atoms with van der Waals surface area (Å²) in [5.41, 5.74) is 0.468. The number of rotatable bonds is 3. The summed E-state index contributed by atoms with van der Waals surface area (Å²) in [7, 11) is 1.25. The van der Waals surface area contributed by atoms with Crippen LogP contribution >= 0.6 is 22.6 Å². The van der Waals surface area contributed by atoms with Crippen molar-refractivity contribution in [1.82, 2.24) is 4.98 Å². The molecule has 0 saturated carbocycles. The molecule has 0 radical (unpaired) electrons. The maximum Gasteiger partial charge on any atom is 0.356 e. The molecule has 15 heavy (non-hydrogen) atoms. The van der Waals surface area contributed by atoms with E-state index < -0.39 is 11.9 Å². The first kappa shape index (κ1) is 11.9. The minimum Gasteiger partial charge on any atom is -0.481 e. The second-order valence-corrected chi connectivity index (χ2v) is 3.97. The summed E-state index contributed by atoms with van der Waals surface area (Å²) in [6.45, 7) is 0. The molecule has 0 unspecified atom stereocenters. The van der Waals surface area contributed by atoms with Crippen LogP contribution in [0.2, 0.25) is 0 Å². The molecule has 0 aliphatic rings. The molecule has 1 aromatic rings. The molecule has 0 aromatic carbocycles. The molecule has 1 aromatic heterocycles. The summed E-state index contributed by atoms with van der Waals surface area (Å²) in [6, 6.07) is 3.15. The Morgan fingerprint density at radius 2 is 2.20 bits per heavy atom. The van der Waals surface area contributed by atoms with Gasteiger partial charge in [0.25, 0.3) is 0 Å². The Labute approximate surface area is 99.6 Å². The van der Waals surface area contributed by atoms with E-state index in [4.69, 9.17) is 5.11 Å². The molecule has 0 atom stereocenters. The first-order chi connectivity index (χ1) is 7.02. The van der Waals surface area contributed by atoms with E-state index in [0.717, 1.165) is 3.57 Å². The van der Waals surface area contributed by atoms with E-state index in [0.29, 0.717) is 5.69 Å². The van der Waals surface area contributed by atoms with Gasteiger partial charge in [-0.2, -0.15) is 0 Å². The van der Waals surface area contributed by atoms with Gasteiger partial charge < -0.3 is 9.84 Å². The number of carboxylic acids is 1. The number of pyridine rings is 1. The van der Waals surface area contributed by atoms with Crippen molar-refractivity contribution in [3.8, 4) is 0 Å². The molecular weight excluding hydrogens is 313 g/mol. The maximum atomic E-state index is 11.2. The Balaban J connectivity index is 3.04. The standard InChI is InChI=1S/C9H8INO4/c1-15-9(14)7-3-5(10)2-6(11-7)4-8(12)13/h2-3H,4H2,1H3,(H,12,13). The average molecular weight is 321 g/mol. The molecule has 0 aliphatic carbocycles. The predicted molar refractivity (Wildman–Crippen MR) is 59.6 cm³/mol. The number of methoxy groups -OCH3 is 1. The third kappa shape index (κ3) is 3.46. The van der Waals surface area contributed by atoms with Crippen molar-refractivity contribution in [2.45, 2.75) is 6.42 Å². The van der Waals surface area contributed by atoms with Crippen molar-refractivity contribution >= 4 is 34.5 Å². The highest BCUT2D eigenvalue weighted by atomic mass is 127. The zero-order valence-corrected chi connectivity index (χ0v) is 10.0. The molecule has 0 amide bonds. The van der Waals surface area contributed by atoms with Gasteiger partial charge in [0.2, 0.25) is 0 Å². The number of aliphatic carboxylic acids is 1. The second-order valence-electron chi connectivity index (χ2n) is 2.72. The van der Waals surface area contributed by atoms with Crippen molar-refractivity contribution in [2.24, 2.45) is 0 Å². The van der Waals surface area contributed by atoms with Crippen LogP contribution in [0.25, 0.3) is 0 Å². The number of esters is 1. The fourth-order valence-corrected chi connectivity index (χ4v) is 1.66. The highest BCUT2D eigenvalue weighted by Crippen LogP contribution is 2.10. The van der Waals surface area contributed by atoms with Crippen LogP contribution in [0.4, 0.5) is 0 Å². The highest BCUT2D eigenvalue weighted by molar-refractivity contribution is 14.1. The Morgan fingerprint density at radius 3 is 2.73 bits per heavy atom. The molecule has 6 heteroatoms. The van der Waals surface area contributed by atoms with Gasteiger partial charge in [0.15, 0.2) is 0 Å². The first-order valence-electron chi connectivity index (χ1n) is 3.99. The van der Waals surface area contributed by atoms with Gasteiger partial charge in [-0.05, 0) is 34.7 Å². The monoisotopic (exact) mass is 321 g/mol. The lowest BCUT2D eigenvalue weighted by Crippen LogP contribution is -2.09. The molecule has 1 rings (SSSR count). The lowest BCUT2D eigenvalue weighted by molar-refractivity contribution is -0.136. The van der Waals surface area contributed by atoms with Crippen molar-refractivity contribution in [1.29, 1.82) is 0 Å². The lowest BCUT2D eigenvalue weighted by Gasteiger charge is -2.02. The number of hydrogen-bond donors (Lipinski definition) is 1. The summed E-state index contributed by atoms with van der Waals surface area (Å²) < 4.78 is 5.25. The molecule has 0 spiro atoms. The van der Waals surface area contributed by atoms with Crippen LogP contribution in [-0.2, 0) is 16.0 Å². The molecule has 5 nitrogen and oxygen atoms in total. The fourth-order valence-electron chi connectivity index (χ4n) is 1.01. The quantitative estimate of drug-likeness (QED) is 0.666. The van der Waals surface area contributed by atoms with Gasteiger partial charge in [0.1, 0.15) is 5.69 Å². The van der Waals surface area contributed by atoms with Gasteiger partial charge in [0, 0.05) is 3.57 Å². The van der Waals surface area contributed by atoms with E-state index in [-0.39, 0.29) is 12.1 Å². The SMILES string of the molecule is COC(=O)c1cc(I)cc(CC(=O)O)n1. The summed E-state index contributed by atoms with van der Waals surface area (Å²) in [6.07, 6.45) is -0.208. The Hall–Kier alpha value is -1.18. The van der Waals surface area contributed by atoms with Crippen molar-refractivity contribution in [3.63, 3.8) is 0 Å². The van der Waals surface area contributed by atoms with E-state index in [1.165, 1.54) is 13.2 Å². The Bertz CT molecular complexity index is 405. The number of carboxylic acid groups (broad SMARTS) is 1. The molecule has 1 heterocycles. The molecule has 0 bridgehead atoms.